The SMILES string of the molecule is O=c1[nH]cc(-c2ccccn2)cc1-c1ccccc1OCCN1CCOCC1. The highest BCUT2D eigenvalue weighted by molar-refractivity contribution is 5.74. The van der Waals surface area contributed by atoms with E-state index in [9.17, 15) is 4.79 Å². The van der Waals surface area contributed by atoms with Gasteiger partial charge in [-0.2, -0.15) is 0 Å². The Labute approximate surface area is 163 Å². The molecule has 3 heterocycles. The second-order valence-electron chi connectivity index (χ2n) is 6.64. The third-order valence-electron chi connectivity index (χ3n) is 4.81. The number of pyridine rings is 2. The topological polar surface area (TPSA) is 67.5 Å². The van der Waals surface area contributed by atoms with Crippen LogP contribution in [0.15, 0.2) is 65.7 Å². The van der Waals surface area contributed by atoms with Crippen molar-refractivity contribution in [2.75, 3.05) is 39.5 Å². The predicted octanol–water partition coefficient (Wildman–Crippen LogP) is 2.81. The molecule has 0 bridgehead atoms. The molecule has 144 valence electrons. The fourth-order valence-electron chi connectivity index (χ4n) is 3.29. The number of nitrogens with one attached hydrogen (secondary N) is 1. The number of para-hydroxylation sites is 1. The molecule has 1 aliphatic heterocycles. The van der Waals surface area contributed by atoms with Gasteiger partial charge in [0.15, 0.2) is 0 Å². The minimum absolute atomic E-state index is 0.149. The Morgan fingerprint density at radius 1 is 1.07 bits per heavy atom. The van der Waals surface area contributed by atoms with Crippen LogP contribution in [0.4, 0.5) is 0 Å². The molecule has 1 saturated heterocycles. The molecule has 0 atom stereocenters. The lowest BCUT2D eigenvalue weighted by molar-refractivity contribution is 0.0323. The molecule has 1 N–H and O–H groups in total. The number of aromatic nitrogens is 2. The van der Waals surface area contributed by atoms with Gasteiger partial charge in [0.05, 0.1) is 24.5 Å². The first-order chi connectivity index (χ1) is 13.8. The summed E-state index contributed by atoms with van der Waals surface area (Å²) in [5.41, 5.74) is 2.88. The highest BCUT2D eigenvalue weighted by Gasteiger charge is 2.13. The molecular weight excluding hydrogens is 354 g/mol. The lowest BCUT2D eigenvalue weighted by Crippen LogP contribution is -2.38. The van der Waals surface area contributed by atoms with Crippen molar-refractivity contribution < 1.29 is 9.47 Å². The van der Waals surface area contributed by atoms with E-state index < -0.39 is 0 Å². The van der Waals surface area contributed by atoms with Gasteiger partial charge < -0.3 is 14.5 Å². The molecule has 3 aromatic rings. The molecular formula is C22H23N3O3. The van der Waals surface area contributed by atoms with Gasteiger partial charge >= 0.3 is 0 Å². The Kier molecular flexibility index (Phi) is 5.80. The van der Waals surface area contributed by atoms with Crippen molar-refractivity contribution in [1.29, 1.82) is 0 Å². The number of morpholine rings is 1. The van der Waals surface area contributed by atoms with Gasteiger partial charge in [0.2, 0.25) is 0 Å². The molecule has 0 saturated carbocycles. The number of ether oxygens (including phenoxy) is 2. The van der Waals surface area contributed by atoms with E-state index in [1.54, 1.807) is 12.4 Å². The van der Waals surface area contributed by atoms with Crippen LogP contribution < -0.4 is 10.3 Å². The quantitative estimate of drug-likeness (QED) is 0.716. The minimum atomic E-state index is -0.149. The molecule has 28 heavy (non-hydrogen) atoms. The van der Waals surface area contributed by atoms with Gasteiger partial charge in [-0.1, -0.05) is 24.3 Å². The number of nitrogens with zero attached hydrogens (tertiary/aromatic N) is 2. The summed E-state index contributed by atoms with van der Waals surface area (Å²) < 4.78 is 11.4. The fourth-order valence-corrected chi connectivity index (χ4v) is 3.29. The minimum Gasteiger partial charge on any atom is -0.492 e. The Balaban J connectivity index is 1.56. The summed E-state index contributed by atoms with van der Waals surface area (Å²) >= 11 is 0. The molecule has 4 rings (SSSR count). The third-order valence-corrected chi connectivity index (χ3v) is 4.81. The van der Waals surface area contributed by atoms with E-state index in [0.717, 1.165) is 49.7 Å². The molecule has 0 unspecified atom stereocenters. The first-order valence-corrected chi connectivity index (χ1v) is 9.48. The van der Waals surface area contributed by atoms with Gasteiger partial charge in [0.25, 0.3) is 5.56 Å². The van der Waals surface area contributed by atoms with Crippen LogP contribution in [0.25, 0.3) is 22.4 Å². The normalized spacial score (nSPS) is 14.7. The van der Waals surface area contributed by atoms with E-state index in [4.69, 9.17) is 9.47 Å². The van der Waals surface area contributed by atoms with Gasteiger partial charge in [-0.25, -0.2) is 0 Å². The van der Waals surface area contributed by atoms with Crippen LogP contribution in [0.1, 0.15) is 0 Å². The maximum Gasteiger partial charge on any atom is 0.255 e. The van der Waals surface area contributed by atoms with E-state index in [2.05, 4.69) is 14.9 Å². The van der Waals surface area contributed by atoms with Gasteiger partial charge in [0.1, 0.15) is 12.4 Å². The van der Waals surface area contributed by atoms with Crippen LogP contribution in [0, 0.1) is 0 Å². The lowest BCUT2D eigenvalue weighted by atomic mass is 10.0. The smallest absolute Gasteiger partial charge is 0.255 e. The summed E-state index contributed by atoms with van der Waals surface area (Å²) in [7, 11) is 0. The highest BCUT2D eigenvalue weighted by Crippen LogP contribution is 2.29. The molecule has 2 aromatic heterocycles. The highest BCUT2D eigenvalue weighted by atomic mass is 16.5. The maximum atomic E-state index is 12.5. The average molecular weight is 377 g/mol. The standard InChI is InChI=1S/C22H23N3O3/c26-22-19(15-17(16-24-22)20-6-3-4-8-23-20)18-5-1-2-7-21(18)28-14-11-25-9-12-27-13-10-25/h1-8,15-16H,9-14H2,(H,24,26). The fraction of sp³-hybridized carbons (Fsp3) is 0.273. The van der Waals surface area contributed by atoms with Crippen molar-refractivity contribution in [3.8, 4) is 28.1 Å². The first kappa shape index (κ1) is 18.4. The summed E-state index contributed by atoms with van der Waals surface area (Å²) in [6.45, 7) is 4.79. The molecule has 1 aliphatic rings. The zero-order chi connectivity index (χ0) is 19.2. The van der Waals surface area contributed by atoms with Crippen LogP contribution in [0.5, 0.6) is 5.75 Å². The number of hydrogen-bond acceptors (Lipinski definition) is 5. The zero-order valence-corrected chi connectivity index (χ0v) is 15.6. The van der Waals surface area contributed by atoms with E-state index >= 15 is 0 Å². The number of benzene rings is 1. The van der Waals surface area contributed by atoms with Crippen LogP contribution in [0.2, 0.25) is 0 Å². The van der Waals surface area contributed by atoms with Crippen molar-refractivity contribution in [3.05, 3.63) is 71.3 Å². The summed E-state index contributed by atoms with van der Waals surface area (Å²) in [5.74, 6) is 0.708. The Bertz CT molecular complexity index is 966. The molecule has 6 nitrogen and oxygen atoms in total. The molecule has 6 heteroatoms. The third kappa shape index (κ3) is 4.30. The van der Waals surface area contributed by atoms with Crippen LogP contribution in [-0.4, -0.2) is 54.3 Å². The van der Waals surface area contributed by atoms with Crippen molar-refractivity contribution in [1.82, 2.24) is 14.9 Å². The van der Waals surface area contributed by atoms with Crippen molar-refractivity contribution in [2.24, 2.45) is 0 Å². The Morgan fingerprint density at radius 3 is 2.71 bits per heavy atom. The summed E-state index contributed by atoms with van der Waals surface area (Å²) in [5, 5.41) is 0. The molecule has 1 aromatic carbocycles. The second-order valence-corrected chi connectivity index (χ2v) is 6.64. The predicted molar refractivity (Wildman–Crippen MR) is 108 cm³/mol. The lowest BCUT2D eigenvalue weighted by Gasteiger charge is -2.26. The Morgan fingerprint density at radius 2 is 1.89 bits per heavy atom. The van der Waals surface area contributed by atoms with E-state index in [0.29, 0.717) is 17.9 Å². The maximum absolute atomic E-state index is 12.5. The van der Waals surface area contributed by atoms with Gasteiger partial charge in [-0.15, -0.1) is 0 Å². The number of hydrogen-bond donors (Lipinski definition) is 1. The molecule has 0 aliphatic carbocycles. The molecule has 1 fully saturated rings. The Hall–Kier alpha value is -2.96. The van der Waals surface area contributed by atoms with Gasteiger partial charge in [-0.3, -0.25) is 14.7 Å². The number of aromatic amines is 1. The number of H-pyrrole nitrogens is 1. The van der Waals surface area contributed by atoms with Crippen LogP contribution >= 0.6 is 0 Å². The summed E-state index contributed by atoms with van der Waals surface area (Å²) in [4.78, 5) is 22.0. The van der Waals surface area contributed by atoms with Crippen molar-refractivity contribution in [2.45, 2.75) is 0 Å². The van der Waals surface area contributed by atoms with E-state index in [-0.39, 0.29) is 5.56 Å². The van der Waals surface area contributed by atoms with Crippen molar-refractivity contribution >= 4 is 0 Å². The van der Waals surface area contributed by atoms with Crippen LogP contribution in [-0.2, 0) is 4.74 Å². The average Bonchev–Trinajstić information content (AvgIpc) is 2.76. The second kappa shape index (κ2) is 8.82. The molecule has 0 amide bonds. The first-order valence-electron chi connectivity index (χ1n) is 9.48. The summed E-state index contributed by atoms with van der Waals surface area (Å²) in [6, 6.07) is 15.2. The van der Waals surface area contributed by atoms with Crippen LogP contribution in [0.3, 0.4) is 0 Å². The largest absolute Gasteiger partial charge is 0.492 e. The van der Waals surface area contributed by atoms with Gasteiger partial charge in [0, 0.05) is 43.2 Å². The van der Waals surface area contributed by atoms with Crippen molar-refractivity contribution in [3.63, 3.8) is 0 Å². The van der Waals surface area contributed by atoms with E-state index in [1.807, 2.05) is 48.5 Å². The molecule has 0 spiro atoms. The number of rotatable bonds is 6. The van der Waals surface area contributed by atoms with E-state index in [1.165, 1.54) is 0 Å². The summed E-state index contributed by atoms with van der Waals surface area (Å²) in [6.07, 6.45) is 3.43. The monoisotopic (exact) mass is 377 g/mol. The zero-order valence-electron chi connectivity index (χ0n) is 15.6. The molecule has 0 radical (unpaired) electrons. The van der Waals surface area contributed by atoms with Gasteiger partial charge in [-0.05, 0) is 24.3 Å².